The number of benzene rings is 3. The normalized spacial score (nSPS) is 10.5. The van der Waals surface area contributed by atoms with Gasteiger partial charge in [-0.2, -0.15) is 0 Å². The van der Waals surface area contributed by atoms with Gasteiger partial charge in [0.1, 0.15) is 30.5 Å². The molecule has 1 aromatic heterocycles. The lowest BCUT2D eigenvalue weighted by Crippen LogP contribution is -2.28. The third-order valence-electron chi connectivity index (χ3n) is 4.94. The van der Waals surface area contributed by atoms with Crippen LogP contribution in [0.4, 0.5) is 0 Å². The molecule has 0 radical (unpaired) electrons. The molecule has 3 aromatic carbocycles. The zero-order chi connectivity index (χ0) is 20.8. The predicted octanol–water partition coefficient (Wildman–Crippen LogP) is 4.67. The molecule has 162 valence electrons. The summed E-state index contributed by atoms with van der Waals surface area (Å²) in [5.41, 5.74) is 2.47. The van der Waals surface area contributed by atoms with E-state index < -0.39 is 0 Å². The van der Waals surface area contributed by atoms with Crippen molar-refractivity contribution in [2.24, 2.45) is 0 Å². The first-order chi connectivity index (χ1) is 14.8. The van der Waals surface area contributed by atoms with E-state index >= 15 is 0 Å². The number of nitrogens with zero attached hydrogens (tertiary/aromatic N) is 2. The highest BCUT2D eigenvalue weighted by atomic mass is 79.9. The number of imidazole rings is 1. The zero-order valence-electron chi connectivity index (χ0n) is 17.4. The Bertz CT molecular complexity index is 1150. The van der Waals surface area contributed by atoms with E-state index in [9.17, 15) is 0 Å². The van der Waals surface area contributed by atoms with Gasteiger partial charge >= 0.3 is 0 Å². The van der Waals surface area contributed by atoms with Crippen molar-refractivity contribution in [3.63, 3.8) is 0 Å². The highest BCUT2D eigenvalue weighted by Crippen LogP contribution is 2.18. The molecule has 0 amide bonds. The van der Waals surface area contributed by atoms with Crippen LogP contribution in [-0.4, -0.2) is 29.5 Å². The van der Waals surface area contributed by atoms with Crippen molar-refractivity contribution in [2.75, 3.05) is 20.3 Å². The number of methoxy groups -OCH3 is 1. The van der Waals surface area contributed by atoms with Crippen LogP contribution in [0.1, 0.15) is 0 Å². The van der Waals surface area contributed by atoms with Crippen LogP contribution in [0.5, 0.6) is 17.2 Å². The third kappa shape index (κ3) is 5.30. The second-order valence-electron chi connectivity index (χ2n) is 6.80. The topological polar surface area (TPSA) is 61.4 Å². The van der Waals surface area contributed by atoms with Crippen molar-refractivity contribution in [2.45, 2.75) is 13.1 Å². The number of hydrogen-bond donors (Lipinski definition) is 1. The molecule has 6 nitrogen and oxygen atoms in total. The summed E-state index contributed by atoms with van der Waals surface area (Å²) in [5.74, 6) is 2.41. The summed E-state index contributed by atoms with van der Waals surface area (Å²) >= 11 is 0. The van der Waals surface area contributed by atoms with Gasteiger partial charge in [0, 0.05) is 0 Å². The molecule has 1 heterocycles. The number of rotatable bonds is 9. The van der Waals surface area contributed by atoms with E-state index in [0.717, 1.165) is 28.3 Å². The van der Waals surface area contributed by atoms with Crippen LogP contribution >= 0.6 is 17.0 Å². The summed E-state index contributed by atoms with van der Waals surface area (Å²) in [7, 11) is 1.64. The van der Waals surface area contributed by atoms with Crippen molar-refractivity contribution in [1.82, 2.24) is 9.13 Å². The lowest BCUT2D eigenvalue weighted by Gasteiger charge is -2.09. The fraction of sp³-hybridized carbons (Fsp3) is 0.208. The molecular weight excluding hydrogens is 458 g/mol. The van der Waals surface area contributed by atoms with Gasteiger partial charge in [-0.1, -0.05) is 30.3 Å². The van der Waals surface area contributed by atoms with E-state index in [1.807, 2.05) is 88.0 Å². The summed E-state index contributed by atoms with van der Waals surface area (Å²) in [5, 5.41) is 8.69. The summed E-state index contributed by atoms with van der Waals surface area (Å²) in [6.45, 7) is 2.15. The Morgan fingerprint density at radius 3 is 1.61 bits per heavy atom. The van der Waals surface area contributed by atoms with E-state index in [1.165, 1.54) is 0 Å². The quantitative estimate of drug-likeness (QED) is 0.376. The first kappa shape index (κ1) is 22.5. The minimum atomic E-state index is 0. The molecule has 31 heavy (non-hydrogen) atoms. The van der Waals surface area contributed by atoms with Crippen LogP contribution in [0.3, 0.4) is 0 Å². The van der Waals surface area contributed by atoms with Gasteiger partial charge in [0.2, 0.25) is 5.62 Å². The number of hydrogen-bond acceptors (Lipinski definition) is 4. The van der Waals surface area contributed by atoms with E-state index in [2.05, 4.69) is 0 Å². The average molecular weight is 484 g/mol. The number of aromatic nitrogens is 2. The number of fused-ring (bicyclic) bond motifs is 1. The van der Waals surface area contributed by atoms with Crippen molar-refractivity contribution in [3.05, 3.63) is 84.5 Å². The third-order valence-corrected chi connectivity index (χ3v) is 4.94. The average Bonchev–Trinajstić information content (AvgIpc) is 3.06. The minimum absolute atomic E-state index is 0. The van der Waals surface area contributed by atoms with E-state index in [1.54, 1.807) is 7.11 Å². The van der Waals surface area contributed by atoms with Gasteiger partial charge in [-0.05, 0) is 48.5 Å². The number of ether oxygens (including phenoxy) is 3. The van der Waals surface area contributed by atoms with Gasteiger partial charge in [-0.3, -0.25) is 5.41 Å². The minimum Gasteiger partial charge on any atom is -0.497 e. The van der Waals surface area contributed by atoms with Crippen molar-refractivity contribution >= 4 is 28.0 Å². The highest BCUT2D eigenvalue weighted by Gasteiger charge is 2.10. The standard InChI is InChI=1S/C24H25N3O3.BrH/c1-28-19-11-13-21(14-12-19)30-18-16-27-23-10-6-5-9-22(23)26(24(27)25)15-17-29-20-7-3-2-4-8-20;/h2-14,25H,15-18H2,1H3;1H. The van der Waals surface area contributed by atoms with E-state index in [4.69, 9.17) is 19.6 Å². The van der Waals surface area contributed by atoms with Gasteiger partial charge in [-0.15, -0.1) is 17.0 Å². The maximum absolute atomic E-state index is 8.69. The SMILES string of the molecule is Br.COc1ccc(OCCn2c(=N)n(CCOc3ccccc3)c3ccccc32)cc1. The van der Waals surface area contributed by atoms with Gasteiger partial charge < -0.3 is 23.3 Å². The Morgan fingerprint density at radius 2 is 1.10 bits per heavy atom. The largest absolute Gasteiger partial charge is 0.497 e. The zero-order valence-corrected chi connectivity index (χ0v) is 19.1. The van der Waals surface area contributed by atoms with Crippen LogP contribution < -0.4 is 19.8 Å². The fourth-order valence-corrected chi connectivity index (χ4v) is 3.45. The molecule has 0 aliphatic rings. The van der Waals surface area contributed by atoms with Crippen LogP contribution in [0, 0.1) is 5.41 Å². The molecule has 0 atom stereocenters. The molecular formula is C24H26BrN3O3. The number of para-hydroxylation sites is 3. The fourth-order valence-electron chi connectivity index (χ4n) is 3.45. The van der Waals surface area contributed by atoms with Crippen molar-refractivity contribution < 1.29 is 14.2 Å². The first-order valence-electron chi connectivity index (χ1n) is 9.93. The van der Waals surface area contributed by atoms with Gasteiger partial charge in [0.05, 0.1) is 31.2 Å². The number of nitrogens with one attached hydrogen (secondary N) is 1. The molecule has 7 heteroatoms. The second-order valence-corrected chi connectivity index (χ2v) is 6.80. The molecule has 0 saturated carbocycles. The molecule has 0 spiro atoms. The summed E-state index contributed by atoms with van der Waals surface area (Å²) in [6.07, 6.45) is 0. The van der Waals surface area contributed by atoms with Crippen molar-refractivity contribution in [1.29, 1.82) is 5.41 Å². The second kappa shape index (κ2) is 10.7. The van der Waals surface area contributed by atoms with Crippen molar-refractivity contribution in [3.8, 4) is 17.2 Å². The maximum atomic E-state index is 8.69. The first-order valence-corrected chi connectivity index (χ1v) is 9.93. The Balaban J connectivity index is 0.00000272. The van der Waals surface area contributed by atoms with E-state index in [0.29, 0.717) is 31.9 Å². The monoisotopic (exact) mass is 483 g/mol. The Kier molecular flexibility index (Phi) is 7.78. The Morgan fingerprint density at radius 1 is 0.645 bits per heavy atom. The highest BCUT2D eigenvalue weighted by molar-refractivity contribution is 8.93. The molecule has 4 aromatic rings. The summed E-state index contributed by atoms with van der Waals surface area (Å²) in [6, 6.07) is 25.3. The van der Waals surface area contributed by atoms with Crippen LogP contribution in [0.2, 0.25) is 0 Å². The molecule has 0 bridgehead atoms. The smallest absolute Gasteiger partial charge is 0.203 e. The summed E-state index contributed by atoms with van der Waals surface area (Å²) < 4.78 is 20.8. The van der Waals surface area contributed by atoms with Gasteiger partial charge in [-0.25, -0.2) is 0 Å². The van der Waals surface area contributed by atoms with Crippen LogP contribution in [0.15, 0.2) is 78.9 Å². The Hall–Kier alpha value is -3.19. The van der Waals surface area contributed by atoms with Gasteiger partial charge in [0.25, 0.3) is 0 Å². The van der Waals surface area contributed by atoms with Gasteiger partial charge in [0.15, 0.2) is 0 Å². The van der Waals surface area contributed by atoms with Crippen LogP contribution in [0.25, 0.3) is 11.0 Å². The van der Waals surface area contributed by atoms with E-state index in [-0.39, 0.29) is 17.0 Å². The predicted molar refractivity (Wildman–Crippen MR) is 127 cm³/mol. The lowest BCUT2D eigenvalue weighted by atomic mass is 10.3. The molecule has 1 N–H and O–H groups in total. The molecule has 0 unspecified atom stereocenters. The van der Waals surface area contributed by atoms with Crippen LogP contribution in [-0.2, 0) is 13.1 Å². The Labute approximate surface area is 191 Å². The molecule has 0 aliphatic heterocycles. The molecule has 0 saturated heterocycles. The summed E-state index contributed by atoms with van der Waals surface area (Å²) in [4.78, 5) is 0. The maximum Gasteiger partial charge on any atom is 0.203 e. The lowest BCUT2D eigenvalue weighted by molar-refractivity contribution is 0.287. The number of halogens is 1. The molecule has 4 rings (SSSR count). The molecule has 0 aliphatic carbocycles. The molecule has 0 fully saturated rings.